The molecule has 0 aromatic heterocycles. The lowest BCUT2D eigenvalue weighted by atomic mass is 10.3. The fourth-order valence-electron chi connectivity index (χ4n) is 1.06. The van der Waals surface area contributed by atoms with Crippen molar-refractivity contribution in [2.45, 2.75) is 12.2 Å². The minimum atomic E-state index is -0.00489. The molecule has 0 fully saturated rings. The Morgan fingerprint density at radius 3 is 2.56 bits per heavy atom. The second-order valence-electron chi connectivity index (χ2n) is 3.36. The van der Waals surface area contributed by atoms with Gasteiger partial charge in [-0.2, -0.15) is 0 Å². The SMILES string of the molecule is C=CC(C)SC(=O)N(C)c1ccc(Cl)cc1. The Morgan fingerprint density at radius 2 is 2.06 bits per heavy atom. The summed E-state index contributed by atoms with van der Waals surface area (Å²) in [6.07, 6.45) is 1.75. The smallest absolute Gasteiger partial charge is 0.286 e. The molecule has 0 saturated heterocycles. The van der Waals surface area contributed by atoms with Crippen LogP contribution in [0.2, 0.25) is 5.02 Å². The lowest BCUT2D eigenvalue weighted by Gasteiger charge is -2.17. The molecule has 0 N–H and O–H groups in total. The number of benzene rings is 1. The Morgan fingerprint density at radius 1 is 1.50 bits per heavy atom. The summed E-state index contributed by atoms with van der Waals surface area (Å²) >= 11 is 7.02. The summed E-state index contributed by atoms with van der Waals surface area (Å²) in [5.74, 6) is 0. The highest BCUT2D eigenvalue weighted by Crippen LogP contribution is 2.22. The Labute approximate surface area is 105 Å². The van der Waals surface area contributed by atoms with Crippen molar-refractivity contribution in [3.05, 3.63) is 41.9 Å². The molecule has 1 unspecified atom stereocenters. The van der Waals surface area contributed by atoms with Crippen molar-refractivity contribution in [1.29, 1.82) is 0 Å². The first-order valence-electron chi connectivity index (χ1n) is 4.87. The van der Waals surface area contributed by atoms with Gasteiger partial charge in [0.2, 0.25) is 0 Å². The number of hydrogen-bond acceptors (Lipinski definition) is 2. The van der Waals surface area contributed by atoms with E-state index in [2.05, 4.69) is 6.58 Å². The van der Waals surface area contributed by atoms with E-state index in [9.17, 15) is 4.79 Å². The van der Waals surface area contributed by atoms with Crippen LogP contribution in [0.1, 0.15) is 6.92 Å². The molecule has 1 atom stereocenters. The molecular formula is C12H14ClNOS. The van der Waals surface area contributed by atoms with Gasteiger partial charge in [-0.25, -0.2) is 0 Å². The molecule has 4 heteroatoms. The normalized spacial score (nSPS) is 11.9. The Hall–Kier alpha value is -0.930. The van der Waals surface area contributed by atoms with Crippen LogP contribution in [0, 0.1) is 0 Å². The van der Waals surface area contributed by atoms with Crippen molar-refractivity contribution >= 4 is 34.3 Å². The average Bonchev–Trinajstić information content (AvgIpc) is 2.28. The number of hydrogen-bond donors (Lipinski definition) is 0. The summed E-state index contributed by atoms with van der Waals surface area (Å²) in [4.78, 5) is 13.4. The first-order chi connectivity index (χ1) is 7.54. The van der Waals surface area contributed by atoms with Crippen LogP contribution >= 0.6 is 23.4 Å². The molecule has 1 aromatic rings. The summed E-state index contributed by atoms with van der Waals surface area (Å²) in [7, 11) is 1.74. The van der Waals surface area contributed by atoms with Gasteiger partial charge in [-0.1, -0.05) is 29.4 Å². The van der Waals surface area contributed by atoms with E-state index in [1.807, 2.05) is 19.1 Å². The molecule has 0 aliphatic heterocycles. The van der Waals surface area contributed by atoms with Gasteiger partial charge in [0.05, 0.1) is 0 Å². The monoisotopic (exact) mass is 255 g/mol. The zero-order valence-electron chi connectivity index (χ0n) is 9.31. The Kier molecular flexibility index (Phi) is 4.90. The third-order valence-corrected chi connectivity index (χ3v) is 3.40. The van der Waals surface area contributed by atoms with E-state index in [1.165, 1.54) is 11.8 Å². The van der Waals surface area contributed by atoms with Crippen molar-refractivity contribution in [2.24, 2.45) is 0 Å². The van der Waals surface area contributed by atoms with Gasteiger partial charge >= 0.3 is 0 Å². The van der Waals surface area contributed by atoms with Crippen molar-refractivity contribution in [3.8, 4) is 0 Å². The molecule has 2 nitrogen and oxygen atoms in total. The molecule has 86 valence electrons. The van der Waals surface area contributed by atoms with E-state index in [4.69, 9.17) is 11.6 Å². The van der Waals surface area contributed by atoms with E-state index >= 15 is 0 Å². The van der Waals surface area contributed by atoms with E-state index < -0.39 is 0 Å². The highest BCUT2D eigenvalue weighted by Gasteiger charge is 2.13. The Balaban J connectivity index is 2.70. The summed E-state index contributed by atoms with van der Waals surface area (Å²) in [6, 6.07) is 7.17. The molecule has 16 heavy (non-hydrogen) atoms. The second kappa shape index (κ2) is 5.97. The predicted molar refractivity (Wildman–Crippen MR) is 72.5 cm³/mol. The molecule has 1 rings (SSSR count). The third kappa shape index (κ3) is 3.58. The van der Waals surface area contributed by atoms with E-state index in [-0.39, 0.29) is 10.5 Å². The summed E-state index contributed by atoms with van der Waals surface area (Å²) in [6.45, 7) is 5.58. The van der Waals surface area contributed by atoms with Gasteiger partial charge in [-0.15, -0.1) is 6.58 Å². The van der Waals surface area contributed by atoms with Crippen LogP contribution in [-0.4, -0.2) is 17.5 Å². The van der Waals surface area contributed by atoms with Gasteiger partial charge in [0, 0.05) is 23.0 Å². The van der Waals surface area contributed by atoms with Crippen molar-refractivity contribution < 1.29 is 4.79 Å². The van der Waals surface area contributed by atoms with Crippen LogP contribution in [0.25, 0.3) is 0 Å². The van der Waals surface area contributed by atoms with Gasteiger partial charge < -0.3 is 4.90 Å². The average molecular weight is 256 g/mol. The van der Waals surface area contributed by atoms with E-state index in [0.717, 1.165) is 5.69 Å². The van der Waals surface area contributed by atoms with Gasteiger partial charge in [0.1, 0.15) is 0 Å². The molecule has 0 heterocycles. The third-order valence-electron chi connectivity index (χ3n) is 2.11. The molecule has 0 saturated carbocycles. The molecule has 0 spiro atoms. The fourth-order valence-corrected chi connectivity index (χ4v) is 1.86. The number of amides is 1. The van der Waals surface area contributed by atoms with Crippen LogP contribution in [0.5, 0.6) is 0 Å². The zero-order valence-corrected chi connectivity index (χ0v) is 10.9. The predicted octanol–water partition coefficient (Wildman–Crippen LogP) is 4.20. The standard InChI is InChI=1S/C12H14ClNOS/c1-4-9(2)16-12(15)14(3)11-7-5-10(13)6-8-11/h4-9H,1H2,2-3H3. The quantitative estimate of drug-likeness (QED) is 0.755. The van der Waals surface area contributed by atoms with Crippen LogP contribution in [-0.2, 0) is 0 Å². The highest BCUT2D eigenvalue weighted by molar-refractivity contribution is 8.14. The van der Waals surface area contributed by atoms with Gasteiger partial charge in [-0.3, -0.25) is 4.79 Å². The van der Waals surface area contributed by atoms with E-state index in [0.29, 0.717) is 5.02 Å². The molecule has 0 radical (unpaired) electrons. The van der Waals surface area contributed by atoms with Crippen LogP contribution in [0.4, 0.5) is 10.5 Å². The molecular weight excluding hydrogens is 242 g/mol. The van der Waals surface area contributed by atoms with Crippen LogP contribution < -0.4 is 4.90 Å². The minimum Gasteiger partial charge on any atom is -0.306 e. The molecule has 0 bridgehead atoms. The van der Waals surface area contributed by atoms with Crippen molar-refractivity contribution in [1.82, 2.24) is 0 Å². The second-order valence-corrected chi connectivity index (χ2v) is 5.12. The molecule has 1 aromatic carbocycles. The lowest BCUT2D eigenvalue weighted by molar-refractivity contribution is 0.266. The topological polar surface area (TPSA) is 20.3 Å². The van der Waals surface area contributed by atoms with Gasteiger partial charge in [0.25, 0.3) is 5.24 Å². The summed E-state index contributed by atoms with van der Waals surface area (Å²) in [5, 5.41) is 0.772. The number of carbonyl (C=O) groups is 1. The van der Waals surface area contributed by atoms with Crippen LogP contribution in [0.15, 0.2) is 36.9 Å². The molecule has 0 aliphatic rings. The van der Waals surface area contributed by atoms with E-state index in [1.54, 1.807) is 30.2 Å². The molecule has 1 amide bonds. The maximum atomic E-state index is 11.8. The lowest BCUT2D eigenvalue weighted by Crippen LogP contribution is -2.23. The highest BCUT2D eigenvalue weighted by atomic mass is 35.5. The maximum Gasteiger partial charge on any atom is 0.286 e. The van der Waals surface area contributed by atoms with Crippen molar-refractivity contribution in [2.75, 3.05) is 11.9 Å². The summed E-state index contributed by atoms with van der Waals surface area (Å²) in [5.41, 5.74) is 0.832. The number of halogens is 1. The van der Waals surface area contributed by atoms with Gasteiger partial charge in [0.15, 0.2) is 0 Å². The Bertz CT molecular complexity index is 377. The first-order valence-corrected chi connectivity index (χ1v) is 6.13. The maximum absolute atomic E-state index is 11.8. The zero-order chi connectivity index (χ0) is 12.1. The number of carbonyl (C=O) groups excluding carboxylic acids is 1. The number of anilines is 1. The first kappa shape index (κ1) is 13.1. The number of nitrogens with zero attached hydrogens (tertiary/aromatic N) is 1. The van der Waals surface area contributed by atoms with Crippen LogP contribution in [0.3, 0.4) is 0 Å². The largest absolute Gasteiger partial charge is 0.306 e. The van der Waals surface area contributed by atoms with Gasteiger partial charge in [-0.05, 0) is 31.2 Å². The number of thioether (sulfide) groups is 1. The minimum absolute atomic E-state index is 0.00489. The number of rotatable bonds is 3. The fraction of sp³-hybridized carbons (Fsp3) is 0.250. The summed E-state index contributed by atoms with van der Waals surface area (Å²) < 4.78 is 0. The van der Waals surface area contributed by atoms with Crippen molar-refractivity contribution in [3.63, 3.8) is 0 Å². The molecule has 0 aliphatic carbocycles.